The Morgan fingerprint density at radius 2 is 1.47 bits per heavy atom. The first-order valence-corrected chi connectivity index (χ1v) is 9.87. The number of hydrogen-bond donors (Lipinski definition) is 3. The number of amides is 3. The van der Waals surface area contributed by atoms with Crippen LogP contribution in [0.15, 0.2) is 72.8 Å². The van der Waals surface area contributed by atoms with Gasteiger partial charge in [-0.2, -0.15) is 0 Å². The van der Waals surface area contributed by atoms with Gasteiger partial charge in [0.25, 0.3) is 11.8 Å². The van der Waals surface area contributed by atoms with Crippen LogP contribution in [0.5, 0.6) is 0 Å². The molecule has 0 saturated carbocycles. The van der Waals surface area contributed by atoms with E-state index in [2.05, 4.69) is 16.2 Å². The summed E-state index contributed by atoms with van der Waals surface area (Å²) in [4.78, 5) is 37.4. The van der Waals surface area contributed by atoms with Crippen LogP contribution in [0.25, 0.3) is 10.8 Å². The van der Waals surface area contributed by atoms with Crippen LogP contribution in [0.4, 0.5) is 0 Å². The van der Waals surface area contributed by atoms with Gasteiger partial charge in [-0.15, -0.1) is 0 Å². The zero-order valence-electron chi connectivity index (χ0n) is 17.0. The third-order valence-corrected chi connectivity index (χ3v) is 4.83. The topological polar surface area (TPSA) is 87.3 Å². The molecule has 0 aliphatic rings. The van der Waals surface area contributed by atoms with E-state index in [0.717, 1.165) is 16.3 Å². The number of fused-ring (bicyclic) bond motifs is 1. The van der Waals surface area contributed by atoms with E-state index in [4.69, 9.17) is 0 Å². The Morgan fingerprint density at radius 3 is 2.20 bits per heavy atom. The molecule has 0 aliphatic carbocycles. The summed E-state index contributed by atoms with van der Waals surface area (Å²) in [5.74, 6) is -1.31. The van der Waals surface area contributed by atoms with Crippen molar-refractivity contribution in [2.75, 3.05) is 0 Å². The molecule has 6 nitrogen and oxygen atoms in total. The van der Waals surface area contributed by atoms with Crippen LogP contribution < -0.4 is 16.2 Å². The van der Waals surface area contributed by atoms with Crippen LogP contribution in [0, 0.1) is 5.92 Å². The molecule has 30 heavy (non-hydrogen) atoms. The average Bonchev–Trinajstić information content (AvgIpc) is 2.76. The van der Waals surface area contributed by atoms with Crippen LogP contribution in [0.2, 0.25) is 0 Å². The summed E-state index contributed by atoms with van der Waals surface area (Å²) < 4.78 is 0. The molecule has 3 rings (SSSR count). The lowest BCUT2D eigenvalue weighted by Gasteiger charge is -2.22. The molecule has 154 valence electrons. The fourth-order valence-corrected chi connectivity index (χ4v) is 3.22. The fourth-order valence-electron chi connectivity index (χ4n) is 3.22. The standard InChI is InChI=1S/C24H25N3O3/c1-16(2)22(25-23(29)18-10-4-3-5-11-18)24(30)27-26-21(28)15-19-13-8-12-17-9-6-7-14-20(17)19/h3-14,16,22H,15H2,1-2H3,(H,25,29)(H,26,28)(H,27,30). The van der Waals surface area contributed by atoms with E-state index in [1.54, 1.807) is 24.3 Å². The zero-order chi connectivity index (χ0) is 21.5. The predicted molar refractivity (Wildman–Crippen MR) is 116 cm³/mol. The smallest absolute Gasteiger partial charge is 0.261 e. The Morgan fingerprint density at radius 1 is 0.800 bits per heavy atom. The predicted octanol–water partition coefficient (Wildman–Crippen LogP) is 2.98. The van der Waals surface area contributed by atoms with Crippen LogP contribution in [-0.2, 0) is 16.0 Å². The van der Waals surface area contributed by atoms with Gasteiger partial charge in [0.15, 0.2) is 0 Å². The van der Waals surface area contributed by atoms with Crippen molar-refractivity contribution in [2.45, 2.75) is 26.3 Å². The van der Waals surface area contributed by atoms with Crippen molar-refractivity contribution in [1.29, 1.82) is 0 Å². The Balaban J connectivity index is 1.59. The summed E-state index contributed by atoms with van der Waals surface area (Å²) in [5.41, 5.74) is 6.23. The molecule has 3 amide bonds. The largest absolute Gasteiger partial charge is 0.340 e. The second-order valence-electron chi connectivity index (χ2n) is 7.41. The lowest BCUT2D eigenvalue weighted by molar-refractivity contribution is -0.130. The average molecular weight is 403 g/mol. The quantitative estimate of drug-likeness (QED) is 0.553. The molecule has 3 aromatic carbocycles. The van der Waals surface area contributed by atoms with Gasteiger partial charge >= 0.3 is 0 Å². The molecule has 0 aromatic heterocycles. The van der Waals surface area contributed by atoms with Crippen LogP contribution in [0.3, 0.4) is 0 Å². The summed E-state index contributed by atoms with van der Waals surface area (Å²) >= 11 is 0. The minimum Gasteiger partial charge on any atom is -0.340 e. The third-order valence-electron chi connectivity index (χ3n) is 4.83. The maximum Gasteiger partial charge on any atom is 0.261 e. The summed E-state index contributed by atoms with van der Waals surface area (Å²) in [6.07, 6.45) is 0.129. The molecule has 0 aliphatic heterocycles. The summed E-state index contributed by atoms with van der Waals surface area (Å²) in [7, 11) is 0. The van der Waals surface area contributed by atoms with Crippen LogP contribution >= 0.6 is 0 Å². The SMILES string of the molecule is CC(C)C(NC(=O)c1ccccc1)C(=O)NNC(=O)Cc1cccc2ccccc12. The number of rotatable bonds is 6. The Kier molecular flexibility index (Phi) is 6.80. The molecular weight excluding hydrogens is 378 g/mol. The summed E-state index contributed by atoms with van der Waals surface area (Å²) in [6.45, 7) is 3.65. The molecule has 0 spiro atoms. The van der Waals surface area contributed by atoms with E-state index in [1.165, 1.54) is 0 Å². The number of hydrogen-bond acceptors (Lipinski definition) is 3. The van der Waals surface area contributed by atoms with Crippen molar-refractivity contribution in [3.05, 3.63) is 83.9 Å². The second-order valence-corrected chi connectivity index (χ2v) is 7.41. The van der Waals surface area contributed by atoms with Crippen molar-refractivity contribution >= 4 is 28.5 Å². The molecule has 0 heterocycles. The highest BCUT2D eigenvalue weighted by molar-refractivity contribution is 5.98. The molecule has 0 radical (unpaired) electrons. The van der Waals surface area contributed by atoms with E-state index in [9.17, 15) is 14.4 Å². The minimum atomic E-state index is -0.782. The number of hydrazine groups is 1. The zero-order valence-corrected chi connectivity index (χ0v) is 17.0. The Hall–Kier alpha value is -3.67. The van der Waals surface area contributed by atoms with Crippen molar-refractivity contribution in [1.82, 2.24) is 16.2 Å². The van der Waals surface area contributed by atoms with Gasteiger partial charge in [0.1, 0.15) is 6.04 Å². The molecule has 3 aromatic rings. The summed E-state index contributed by atoms with van der Waals surface area (Å²) in [6, 6.07) is 21.5. The van der Waals surface area contributed by atoms with Gasteiger partial charge < -0.3 is 5.32 Å². The van der Waals surface area contributed by atoms with Gasteiger partial charge in [-0.3, -0.25) is 25.2 Å². The molecule has 0 fully saturated rings. The first-order chi connectivity index (χ1) is 14.5. The first-order valence-electron chi connectivity index (χ1n) is 9.87. The molecule has 3 N–H and O–H groups in total. The van der Waals surface area contributed by atoms with Gasteiger partial charge in [-0.05, 0) is 34.4 Å². The number of nitrogens with one attached hydrogen (secondary N) is 3. The number of carbonyl (C=O) groups excluding carboxylic acids is 3. The first kappa shape index (κ1) is 21.0. The van der Waals surface area contributed by atoms with Gasteiger partial charge in [0.2, 0.25) is 5.91 Å². The van der Waals surface area contributed by atoms with E-state index in [1.807, 2.05) is 62.4 Å². The minimum absolute atomic E-state index is 0.129. The van der Waals surface area contributed by atoms with Crippen LogP contribution in [-0.4, -0.2) is 23.8 Å². The third kappa shape index (κ3) is 5.23. The maximum atomic E-state index is 12.6. The van der Waals surface area contributed by atoms with Gasteiger partial charge in [-0.1, -0.05) is 74.5 Å². The molecule has 0 bridgehead atoms. The number of benzene rings is 3. The highest BCUT2D eigenvalue weighted by atomic mass is 16.2. The van der Waals surface area contributed by atoms with Crippen molar-refractivity contribution in [3.8, 4) is 0 Å². The van der Waals surface area contributed by atoms with Crippen LogP contribution in [0.1, 0.15) is 29.8 Å². The van der Waals surface area contributed by atoms with Gasteiger partial charge in [-0.25, -0.2) is 0 Å². The van der Waals surface area contributed by atoms with Gasteiger partial charge in [0.05, 0.1) is 6.42 Å². The highest BCUT2D eigenvalue weighted by Gasteiger charge is 2.25. The normalized spacial score (nSPS) is 11.7. The molecule has 0 saturated heterocycles. The molecule has 1 unspecified atom stereocenters. The van der Waals surface area contributed by atoms with E-state index in [0.29, 0.717) is 5.56 Å². The highest BCUT2D eigenvalue weighted by Crippen LogP contribution is 2.18. The van der Waals surface area contributed by atoms with E-state index in [-0.39, 0.29) is 24.2 Å². The Bertz CT molecular complexity index is 1040. The van der Waals surface area contributed by atoms with E-state index < -0.39 is 11.9 Å². The lowest BCUT2D eigenvalue weighted by atomic mass is 10.0. The monoisotopic (exact) mass is 403 g/mol. The summed E-state index contributed by atoms with van der Waals surface area (Å²) in [5, 5.41) is 4.78. The Labute approximate surface area is 175 Å². The van der Waals surface area contributed by atoms with E-state index >= 15 is 0 Å². The maximum absolute atomic E-state index is 12.6. The molecular formula is C24H25N3O3. The molecule has 1 atom stereocenters. The van der Waals surface area contributed by atoms with Crippen molar-refractivity contribution in [3.63, 3.8) is 0 Å². The van der Waals surface area contributed by atoms with Gasteiger partial charge in [0, 0.05) is 5.56 Å². The number of carbonyl (C=O) groups is 3. The fraction of sp³-hybridized carbons (Fsp3) is 0.208. The van der Waals surface area contributed by atoms with Crippen molar-refractivity contribution < 1.29 is 14.4 Å². The second kappa shape index (κ2) is 9.69. The lowest BCUT2D eigenvalue weighted by Crippen LogP contribution is -2.54. The van der Waals surface area contributed by atoms with Crippen molar-refractivity contribution in [2.24, 2.45) is 5.92 Å². The molecule has 6 heteroatoms.